The third-order valence-corrected chi connectivity index (χ3v) is 4.50. The summed E-state index contributed by atoms with van der Waals surface area (Å²) in [5, 5.41) is 3.69. The van der Waals surface area contributed by atoms with Crippen molar-refractivity contribution in [1.82, 2.24) is 10.2 Å². The number of nitrogens with two attached hydrogens (primary N) is 1. The van der Waals surface area contributed by atoms with Gasteiger partial charge >= 0.3 is 0 Å². The molecule has 134 valence electrons. The second-order valence-corrected chi connectivity index (χ2v) is 6.46. The van der Waals surface area contributed by atoms with Crippen molar-refractivity contribution in [3.63, 3.8) is 0 Å². The molecule has 1 saturated heterocycles. The number of hydrogen-bond acceptors (Lipinski definition) is 3. The summed E-state index contributed by atoms with van der Waals surface area (Å²) >= 11 is 12.0. The molecule has 0 aromatic heterocycles. The average molecular weight is 395 g/mol. The quantitative estimate of drug-likeness (QED) is 0.806. The standard InChI is InChI=1S/C16H21Cl2N3O2.ClH/c17-11-4-5-13(14(18)9-11)16(23)21-8-2-1-3-12(21)10-20-15(22)6-7-19;/h4-5,9,12H,1-3,6-8,10,19H2,(H,20,22);1H. The van der Waals surface area contributed by atoms with E-state index < -0.39 is 0 Å². The van der Waals surface area contributed by atoms with Gasteiger partial charge in [0.05, 0.1) is 10.6 Å². The summed E-state index contributed by atoms with van der Waals surface area (Å²) in [4.78, 5) is 26.2. The molecule has 0 bridgehead atoms. The lowest BCUT2D eigenvalue weighted by atomic mass is 10.0. The van der Waals surface area contributed by atoms with E-state index in [4.69, 9.17) is 28.9 Å². The predicted molar refractivity (Wildman–Crippen MR) is 99.1 cm³/mol. The highest BCUT2D eigenvalue weighted by atomic mass is 35.5. The minimum atomic E-state index is -0.121. The lowest BCUT2D eigenvalue weighted by Gasteiger charge is -2.36. The number of nitrogens with one attached hydrogen (secondary N) is 1. The summed E-state index contributed by atoms with van der Waals surface area (Å²) < 4.78 is 0. The summed E-state index contributed by atoms with van der Waals surface area (Å²) in [6.45, 7) is 1.42. The van der Waals surface area contributed by atoms with E-state index in [9.17, 15) is 9.59 Å². The highest BCUT2D eigenvalue weighted by molar-refractivity contribution is 6.36. The second-order valence-electron chi connectivity index (χ2n) is 5.62. The molecule has 1 fully saturated rings. The Morgan fingerprint density at radius 1 is 1.29 bits per heavy atom. The molecule has 2 rings (SSSR count). The number of rotatable bonds is 5. The lowest BCUT2D eigenvalue weighted by molar-refractivity contribution is -0.121. The molecule has 0 radical (unpaired) electrons. The van der Waals surface area contributed by atoms with Crippen LogP contribution in [0.4, 0.5) is 0 Å². The lowest BCUT2D eigenvalue weighted by Crippen LogP contribution is -2.49. The molecule has 1 aliphatic heterocycles. The van der Waals surface area contributed by atoms with Crippen LogP contribution in [0.1, 0.15) is 36.0 Å². The number of nitrogens with zero attached hydrogens (tertiary/aromatic N) is 1. The van der Waals surface area contributed by atoms with Crippen molar-refractivity contribution in [1.29, 1.82) is 0 Å². The zero-order chi connectivity index (χ0) is 16.8. The van der Waals surface area contributed by atoms with Crippen LogP contribution in [0.3, 0.4) is 0 Å². The maximum Gasteiger partial charge on any atom is 0.255 e. The zero-order valence-corrected chi connectivity index (χ0v) is 15.6. The van der Waals surface area contributed by atoms with E-state index in [0.29, 0.717) is 41.7 Å². The van der Waals surface area contributed by atoms with E-state index in [2.05, 4.69) is 5.32 Å². The Morgan fingerprint density at radius 3 is 2.71 bits per heavy atom. The fourth-order valence-electron chi connectivity index (χ4n) is 2.75. The molecule has 0 spiro atoms. The van der Waals surface area contributed by atoms with Gasteiger partial charge in [0.15, 0.2) is 0 Å². The number of benzene rings is 1. The first kappa shape index (κ1) is 21.0. The van der Waals surface area contributed by atoms with E-state index in [1.54, 1.807) is 23.1 Å². The molecule has 0 aliphatic carbocycles. The smallest absolute Gasteiger partial charge is 0.255 e. The first-order valence-electron chi connectivity index (χ1n) is 7.75. The summed E-state index contributed by atoms with van der Waals surface area (Å²) in [5.41, 5.74) is 5.81. The SMILES string of the molecule is Cl.NCCC(=O)NCC1CCCCN1C(=O)c1ccc(Cl)cc1Cl. The highest BCUT2D eigenvalue weighted by Gasteiger charge is 2.28. The van der Waals surface area contributed by atoms with Gasteiger partial charge in [-0.15, -0.1) is 12.4 Å². The van der Waals surface area contributed by atoms with Crippen LogP contribution < -0.4 is 11.1 Å². The molecule has 1 unspecified atom stereocenters. The maximum atomic E-state index is 12.8. The van der Waals surface area contributed by atoms with Crippen molar-refractivity contribution in [2.75, 3.05) is 19.6 Å². The maximum absolute atomic E-state index is 12.8. The molecular formula is C16H22Cl3N3O2. The van der Waals surface area contributed by atoms with Crippen LogP contribution in [0.5, 0.6) is 0 Å². The first-order valence-corrected chi connectivity index (χ1v) is 8.51. The van der Waals surface area contributed by atoms with Crippen LogP contribution in [0, 0.1) is 0 Å². The van der Waals surface area contributed by atoms with Gasteiger partial charge in [0, 0.05) is 37.1 Å². The molecule has 5 nitrogen and oxygen atoms in total. The number of piperidine rings is 1. The average Bonchev–Trinajstić information content (AvgIpc) is 2.53. The van der Waals surface area contributed by atoms with Gasteiger partial charge in [0.25, 0.3) is 5.91 Å². The number of carbonyl (C=O) groups excluding carboxylic acids is 2. The molecule has 1 heterocycles. The second kappa shape index (κ2) is 10.1. The molecule has 24 heavy (non-hydrogen) atoms. The molecule has 1 aliphatic rings. The minimum absolute atomic E-state index is 0. The first-order chi connectivity index (χ1) is 11.0. The zero-order valence-electron chi connectivity index (χ0n) is 13.3. The fraction of sp³-hybridized carbons (Fsp3) is 0.500. The largest absolute Gasteiger partial charge is 0.354 e. The summed E-state index contributed by atoms with van der Waals surface area (Å²) in [7, 11) is 0. The summed E-state index contributed by atoms with van der Waals surface area (Å²) in [6, 6.07) is 4.84. The Bertz CT molecular complexity index is 584. The van der Waals surface area contributed by atoms with Crippen molar-refractivity contribution < 1.29 is 9.59 Å². The Labute approximate surface area is 158 Å². The molecule has 1 atom stereocenters. The van der Waals surface area contributed by atoms with Crippen LogP contribution in [0.2, 0.25) is 10.0 Å². The third-order valence-electron chi connectivity index (χ3n) is 3.96. The normalized spacial score (nSPS) is 17.1. The molecule has 1 aromatic carbocycles. The van der Waals surface area contributed by atoms with Gasteiger partial charge in [0.2, 0.25) is 5.91 Å². The van der Waals surface area contributed by atoms with Gasteiger partial charge in [-0.2, -0.15) is 0 Å². The monoisotopic (exact) mass is 393 g/mol. The van der Waals surface area contributed by atoms with Crippen molar-refractivity contribution in [3.05, 3.63) is 33.8 Å². The highest BCUT2D eigenvalue weighted by Crippen LogP contribution is 2.25. The van der Waals surface area contributed by atoms with Crippen LogP contribution in [-0.4, -0.2) is 42.4 Å². The molecule has 3 N–H and O–H groups in total. The van der Waals surface area contributed by atoms with Crippen molar-refractivity contribution >= 4 is 47.4 Å². The Balaban J connectivity index is 0.00000288. The van der Waals surface area contributed by atoms with Gasteiger partial charge in [0.1, 0.15) is 0 Å². The number of halogens is 3. The summed E-state index contributed by atoms with van der Waals surface area (Å²) in [6.07, 6.45) is 3.14. The van der Waals surface area contributed by atoms with Gasteiger partial charge in [-0.05, 0) is 37.5 Å². The van der Waals surface area contributed by atoms with Gasteiger partial charge in [-0.3, -0.25) is 9.59 Å². The predicted octanol–water partition coefficient (Wildman–Crippen LogP) is 2.87. The number of carbonyl (C=O) groups is 2. The third kappa shape index (κ3) is 5.52. The van der Waals surface area contributed by atoms with Crippen LogP contribution in [0.25, 0.3) is 0 Å². The van der Waals surface area contributed by atoms with Crippen LogP contribution >= 0.6 is 35.6 Å². The van der Waals surface area contributed by atoms with Crippen molar-refractivity contribution in [2.45, 2.75) is 31.7 Å². The van der Waals surface area contributed by atoms with E-state index in [0.717, 1.165) is 19.3 Å². The van der Waals surface area contributed by atoms with Crippen LogP contribution in [0.15, 0.2) is 18.2 Å². The molecule has 1 aromatic rings. The van der Waals surface area contributed by atoms with E-state index in [1.807, 2.05) is 0 Å². The number of hydrogen-bond donors (Lipinski definition) is 2. The van der Waals surface area contributed by atoms with Gasteiger partial charge in [-0.1, -0.05) is 23.2 Å². The number of likely N-dealkylation sites (tertiary alicyclic amines) is 1. The van der Waals surface area contributed by atoms with E-state index >= 15 is 0 Å². The van der Waals surface area contributed by atoms with Gasteiger partial charge < -0.3 is 16.0 Å². The van der Waals surface area contributed by atoms with Crippen LogP contribution in [-0.2, 0) is 4.79 Å². The molecular weight excluding hydrogens is 373 g/mol. The van der Waals surface area contributed by atoms with Crippen molar-refractivity contribution in [3.8, 4) is 0 Å². The van der Waals surface area contributed by atoms with E-state index in [-0.39, 0.29) is 30.3 Å². The minimum Gasteiger partial charge on any atom is -0.354 e. The Morgan fingerprint density at radius 2 is 2.04 bits per heavy atom. The molecule has 2 amide bonds. The van der Waals surface area contributed by atoms with E-state index in [1.165, 1.54) is 0 Å². The summed E-state index contributed by atoms with van der Waals surface area (Å²) in [5.74, 6) is -0.209. The topological polar surface area (TPSA) is 75.4 Å². The molecule has 8 heteroatoms. The molecule has 0 saturated carbocycles. The van der Waals surface area contributed by atoms with Crippen molar-refractivity contribution in [2.24, 2.45) is 5.73 Å². The Kier molecular flexibility index (Phi) is 8.84. The van der Waals surface area contributed by atoms with Gasteiger partial charge in [-0.25, -0.2) is 0 Å². The Hall–Kier alpha value is -1.01. The fourth-order valence-corrected chi connectivity index (χ4v) is 3.24. The number of amides is 2.